The summed E-state index contributed by atoms with van der Waals surface area (Å²) in [4.78, 5) is 0. The van der Waals surface area contributed by atoms with Crippen LogP contribution in [0.25, 0.3) is 0 Å². The summed E-state index contributed by atoms with van der Waals surface area (Å²) in [5.41, 5.74) is 2.68. The second-order valence-corrected chi connectivity index (χ2v) is 7.26. The Hall–Kier alpha value is -1.36. The fraction of sp³-hybridized carbons (Fsp3) is 0.250. The first-order valence-corrected chi connectivity index (χ1v) is 8.70. The zero-order chi connectivity index (χ0) is 15.5. The monoisotopic (exact) mass is 323 g/mol. The fourth-order valence-corrected chi connectivity index (χ4v) is 3.76. The highest BCUT2D eigenvalue weighted by molar-refractivity contribution is 7.88. The van der Waals surface area contributed by atoms with Crippen molar-refractivity contribution in [2.45, 2.75) is 25.6 Å². The summed E-state index contributed by atoms with van der Waals surface area (Å²) in [6.07, 6.45) is 0. The van der Waals surface area contributed by atoms with E-state index in [1.54, 1.807) is 24.3 Å². The van der Waals surface area contributed by atoms with Crippen LogP contribution in [0.1, 0.15) is 29.7 Å². The molecule has 0 aromatic heterocycles. The predicted molar refractivity (Wildman–Crippen MR) is 86.8 cm³/mol. The molecule has 0 aliphatic heterocycles. The lowest BCUT2D eigenvalue weighted by Crippen LogP contribution is -2.28. The Morgan fingerprint density at radius 3 is 2.33 bits per heavy atom. The van der Waals surface area contributed by atoms with Gasteiger partial charge in [-0.25, -0.2) is 13.1 Å². The number of benzene rings is 2. The van der Waals surface area contributed by atoms with Crippen LogP contribution in [0.4, 0.5) is 0 Å². The van der Waals surface area contributed by atoms with Gasteiger partial charge in [-0.05, 0) is 31.0 Å². The van der Waals surface area contributed by atoms with Crippen molar-refractivity contribution in [1.29, 1.82) is 0 Å². The van der Waals surface area contributed by atoms with Gasteiger partial charge in [0, 0.05) is 11.1 Å². The first-order valence-electron chi connectivity index (χ1n) is 6.67. The number of rotatable bonds is 5. The highest BCUT2D eigenvalue weighted by Crippen LogP contribution is 2.19. The third kappa shape index (κ3) is 4.56. The standard InChI is InChI=1S/C16H18ClNO2S/c1-12-7-9-14(10-8-12)13(2)18-21(19,20)11-15-5-3-4-6-16(15)17/h3-10,13,18H,11H2,1-2H3/t13-/m1/s1. The molecule has 0 fully saturated rings. The lowest BCUT2D eigenvalue weighted by Gasteiger charge is -2.15. The van der Waals surface area contributed by atoms with Gasteiger partial charge >= 0.3 is 0 Å². The minimum Gasteiger partial charge on any atom is -0.212 e. The summed E-state index contributed by atoms with van der Waals surface area (Å²) in [5.74, 6) is -0.122. The van der Waals surface area contributed by atoms with E-state index >= 15 is 0 Å². The van der Waals surface area contributed by atoms with Crippen molar-refractivity contribution in [3.05, 3.63) is 70.2 Å². The van der Waals surface area contributed by atoms with E-state index < -0.39 is 10.0 Å². The van der Waals surface area contributed by atoms with Gasteiger partial charge < -0.3 is 0 Å². The lowest BCUT2D eigenvalue weighted by atomic mass is 10.1. The summed E-state index contributed by atoms with van der Waals surface area (Å²) in [6, 6.07) is 14.5. The molecule has 0 unspecified atom stereocenters. The van der Waals surface area contributed by atoms with Gasteiger partial charge in [0.1, 0.15) is 0 Å². The first kappa shape index (κ1) is 16.0. The maximum absolute atomic E-state index is 12.2. The molecule has 5 heteroatoms. The Morgan fingerprint density at radius 2 is 1.71 bits per heavy atom. The number of aryl methyl sites for hydroxylation is 1. The van der Waals surface area contributed by atoms with Crippen LogP contribution in [0.2, 0.25) is 5.02 Å². The van der Waals surface area contributed by atoms with Gasteiger partial charge in [0.15, 0.2) is 0 Å². The van der Waals surface area contributed by atoms with Gasteiger partial charge in [-0.15, -0.1) is 0 Å². The predicted octanol–water partition coefficient (Wildman–Crippen LogP) is 3.83. The van der Waals surface area contributed by atoms with Crippen LogP contribution in [0.15, 0.2) is 48.5 Å². The molecule has 0 amide bonds. The van der Waals surface area contributed by atoms with Gasteiger partial charge in [-0.1, -0.05) is 59.6 Å². The van der Waals surface area contributed by atoms with E-state index in [0.29, 0.717) is 10.6 Å². The quantitative estimate of drug-likeness (QED) is 0.909. The van der Waals surface area contributed by atoms with E-state index in [4.69, 9.17) is 11.6 Å². The normalized spacial score (nSPS) is 13.1. The smallest absolute Gasteiger partial charge is 0.212 e. The molecule has 2 aromatic carbocycles. The van der Waals surface area contributed by atoms with Crippen molar-refractivity contribution in [2.75, 3.05) is 0 Å². The van der Waals surface area contributed by atoms with E-state index in [2.05, 4.69) is 4.72 Å². The molecule has 0 bridgehead atoms. The average molecular weight is 324 g/mol. The van der Waals surface area contributed by atoms with E-state index in [0.717, 1.165) is 11.1 Å². The van der Waals surface area contributed by atoms with Gasteiger partial charge in [-0.3, -0.25) is 0 Å². The van der Waals surface area contributed by atoms with Crippen LogP contribution < -0.4 is 4.72 Å². The molecule has 0 heterocycles. The second kappa shape index (κ2) is 6.60. The molecule has 0 saturated carbocycles. The molecule has 2 rings (SSSR count). The zero-order valence-corrected chi connectivity index (χ0v) is 13.6. The number of halogens is 1. The van der Waals surface area contributed by atoms with Crippen molar-refractivity contribution in [3.63, 3.8) is 0 Å². The average Bonchev–Trinajstić information content (AvgIpc) is 2.41. The van der Waals surface area contributed by atoms with E-state index in [1.165, 1.54) is 0 Å². The Labute approximate surface area is 131 Å². The molecule has 1 atom stereocenters. The van der Waals surface area contributed by atoms with Crippen molar-refractivity contribution in [3.8, 4) is 0 Å². The Bertz CT molecular complexity index is 711. The molecule has 3 nitrogen and oxygen atoms in total. The zero-order valence-electron chi connectivity index (χ0n) is 12.0. The third-order valence-corrected chi connectivity index (χ3v) is 5.01. The Kier molecular flexibility index (Phi) is 5.04. The number of hydrogen-bond donors (Lipinski definition) is 1. The minimum absolute atomic E-state index is 0.122. The van der Waals surface area contributed by atoms with Gasteiger partial charge in [0.25, 0.3) is 0 Å². The molecule has 21 heavy (non-hydrogen) atoms. The Morgan fingerprint density at radius 1 is 1.10 bits per heavy atom. The molecule has 0 aliphatic carbocycles. The molecule has 112 valence electrons. The van der Waals surface area contributed by atoms with Crippen LogP contribution in [0.3, 0.4) is 0 Å². The van der Waals surface area contributed by atoms with Crippen molar-refractivity contribution >= 4 is 21.6 Å². The van der Waals surface area contributed by atoms with Crippen LogP contribution in [0, 0.1) is 6.92 Å². The molecule has 0 spiro atoms. The van der Waals surface area contributed by atoms with Crippen LogP contribution >= 0.6 is 11.6 Å². The summed E-state index contributed by atoms with van der Waals surface area (Å²) < 4.78 is 27.1. The number of hydrogen-bond acceptors (Lipinski definition) is 2. The molecule has 1 N–H and O–H groups in total. The number of nitrogens with one attached hydrogen (secondary N) is 1. The fourth-order valence-electron chi connectivity index (χ4n) is 2.05. The maximum atomic E-state index is 12.2. The largest absolute Gasteiger partial charge is 0.216 e. The second-order valence-electron chi connectivity index (χ2n) is 5.10. The van der Waals surface area contributed by atoms with Crippen LogP contribution in [-0.4, -0.2) is 8.42 Å². The molecule has 0 saturated heterocycles. The summed E-state index contributed by atoms with van der Waals surface area (Å²) in [5, 5.41) is 0.464. The van der Waals surface area contributed by atoms with Crippen LogP contribution in [-0.2, 0) is 15.8 Å². The molecular formula is C16H18ClNO2S. The van der Waals surface area contributed by atoms with Crippen LogP contribution in [0.5, 0.6) is 0 Å². The molecule has 0 aliphatic rings. The number of sulfonamides is 1. The van der Waals surface area contributed by atoms with Gasteiger partial charge in [0.05, 0.1) is 5.75 Å². The maximum Gasteiger partial charge on any atom is 0.216 e. The van der Waals surface area contributed by atoms with Crippen molar-refractivity contribution < 1.29 is 8.42 Å². The van der Waals surface area contributed by atoms with Gasteiger partial charge in [0.2, 0.25) is 10.0 Å². The molecule has 2 aromatic rings. The van der Waals surface area contributed by atoms with Gasteiger partial charge in [-0.2, -0.15) is 0 Å². The van der Waals surface area contributed by atoms with Crippen molar-refractivity contribution in [2.24, 2.45) is 0 Å². The highest BCUT2D eigenvalue weighted by atomic mass is 35.5. The lowest BCUT2D eigenvalue weighted by molar-refractivity contribution is 0.566. The Balaban J connectivity index is 2.10. The van der Waals surface area contributed by atoms with E-state index in [-0.39, 0.29) is 11.8 Å². The minimum atomic E-state index is -3.45. The third-order valence-electron chi connectivity index (χ3n) is 3.24. The SMILES string of the molecule is Cc1ccc([C@@H](C)NS(=O)(=O)Cc2ccccc2Cl)cc1. The van der Waals surface area contributed by atoms with Crippen molar-refractivity contribution in [1.82, 2.24) is 4.72 Å². The highest BCUT2D eigenvalue weighted by Gasteiger charge is 2.17. The summed E-state index contributed by atoms with van der Waals surface area (Å²) >= 11 is 6.01. The topological polar surface area (TPSA) is 46.2 Å². The molecule has 0 radical (unpaired) electrons. The first-order chi connectivity index (χ1) is 9.87. The van der Waals surface area contributed by atoms with E-state index in [9.17, 15) is 8.42 Å². The van der Waals surface area contributed by atoms with E-state index in [1.807, 2.05) is 38.1 Å². The molecular weight excluding hydrogens is 306 g/mol. The summed E-state index contributed by atoms with van der Waals surface area (Å²) in [7, 11) is -3.45. The summed E-state index contributed by atoms with van der Waals surface area (Å²) in [6.45, 7) is 3.82.